The molecule has 0 saturated heterocycles. The van der Waals surface area contributed by atoms with E-state index in [1.807, 2.05) is 6.92 Å². The first-order valence-electron chi connectivity index (χ1n) is 3.19. The van der Waals surface area contributed by atoms with Crippen LogP contribution in [0.4, 0.5) is 0 Å². The Morgan fingerprint density at radius 2 is 2.22 bits per heavy atom. The third-order valence-corrected chi connectivity index (χ3v) is 1.19. The minimum atomic E-state index is -0.396. The molecule has 56 valence electrons. The molecule has 0 rings (SSSR count). The number of hydrogen-bond acceptors (Lipinski definition) is 3. The highest BCUT2D eigenvalue weighted by Gasteiger charge is 2.02. The second-order valence-corrected chi connectivity index (χ2v) is 2.10. The van der Waals surface area contributed by atoms with E-state index in [1.165, 1.54) is 0 Å². The fraction of sp³-hybridized carbons (Fsp3) is 1.00. The summed E-state index contributed by atoms with van der Waals surface area (Å²) in [6, 6.07) is 0. The van der Waals surface area contributed by atoms with Crippen LogP contribution in [0.2, 0.25) is 0 Å². The lowest BCUT2D eigenvalue weighted by atomic mass is 10.7. The van der Waals surface area contributed by atoms with E-state index in [9.17, 15) is 0 Å². The van der Waals surface area contributed by atoms with Gasteiger partial charge in [0.1, 0.15) is 0 Å². The van der Waals surface area contributed by atoms with Crippen LogP contribution in [0.5, 0.6) is 0 Å². The first kappa shape index (κ1) is 9.10. The predicted octanol–water partition coefficient (Wildman–Crippen LogP) is -1.32. The van der Waals surface area contributed by atoms with Gasteiger partial charge in [0.15, 0.2) is 6.29 Å². The molecule has 1 unspecified atom stereocenters. The van der Waals surface area contributed by atoms with E-state index in [1.54, 1.807) is 0 Å². The summed E-state index contributed by atoms with van der Waals surface area (Å²) in [5.74, 6) is 0. The molecule has 0 aromatic carbocycles. The smallest absolute Gasteiger partial charge is 0.180 e. The summed E-state index contributed by atoms with van der Waals surface area (Å²) in [6.45, 7) is 2.42. The molecule has 4 heteroatoms. The van der Waals surface area contributed by atoms with E-state index in [4.69, 9.17) is 14.6 Å². The van der Waals surface area contributed by atoms with Gasteiger partial charge in [0, 0.05) is 23.1 Å². The molecule has 1 atom stereocenters. The lowest BCUT2D eigenvalue weighted by Gasteiger charge is -2.12. The van der Waals surface area contributed by atoms with E-state index in [2.05, 4.69) is 0 Å². The van der Waals surface area contributed by atoms with Gasteiger partial charge in [-0.2, -0.15) is 0 Å². The Hall–Kier alpha value is 0.0969. The Balaban J connectivity index is 3.18. The van der Waals surface area contributed by atoms with Crippen LogP contribution in [0.1, 0.15) is 6.92 Å². The summed E-state index contributed by atoms with van der Waals surface area (Å²) < 4.78 is 10.0. The van der Waals surface area contributed by atoms with Crippen LogP contribution in [0.25, 0.3) is 0 Å². The maximum Gasteiger partial charge on any atom is 0.180 e. The first-order valence-corrected chi connectivity index (χ1v) is 4.60. The summed E-state index contributed by atoms with van der Waals surface area (Å²) in [4.78, 5) is 0. The third kappa shape index (κ3) is 4.59. The van der Waals surface area contributed by atoms with Gasteiger partial charge in [-0.05, 0) is 6.92 Å². The summed E-state index contributed by atoms with van der Waals surface area (Å²) in [5, 5.41) is 8.55. The molecular weight excluding hydrogens is 136 g/mol. The Morgan fingerprint density at radius 1 is 1.56 bits per heavy atom. The van der Waals surface area contributed by atoms with Crippen molar-refractivity contribution in [1.82, 2.24) is 0 Å². The van der Waals surface area contributed by atoms with E-state index in [0.29, 0.717) is 12.8 Å². The molecule has 0 aromatic heterocycles. The zero-order chi connectivity index (χ0) is 7.11. The van der Waals surface area contributed by atoms with E-state index in [0.717, 1.165) is 10.2 Å². The molecule has 3 nitrogen and oxygen atoms in total. The van der Waals surface area contributed by atoms with Crippen molar-refractivity contribution in [1.29, 1.82) is 0 Å². The molecule has 0 aliphatic carbocycles. The van der Waals surface area contributed by atoms with Gasteiger partial charge in [-0.1, -0.05) is 0 Å². The monoisotopic (exact) mass is 150 g/mol. The summed E-state index contributed by atoms with van der Waals surface area (Å²) in [5.41, 5.74) is 0. The largest absolute Gasteiger partial charge is 0.391 e. The highest BCUT2D eigenvalue weighted by molar-refractivity contribution is 6.08. The number of ether oxygens (including phenoxy) is 2. The van der Waals surface area contributed by atoms with Crippen molar-refractivity contribution < 1.29 is 14.6 Å². The van der Waals surface area contributed by atoms with Gasteiger partial charge in [0.05, 0.1) is 6.61 Å². The van der Waals surface area contributed by atoms with Gasteiger partial charge in [-0.25, -0.2) is 0 Å². The van der Waals surface area contributed by atoms with Crippen molar-refractivity contribution >= 4 is 10.2 Å². The van der Waals surface area contributed by atoms with Gasteiger partial charge in [-0.15, -0.1) is 0 Å². The molecule has 0 fully saturated rings. The summed E-state index contributed by atoms with van der Waals surface area (Å²) >= 11 is 0. The number of rotatable bonds is 5. The van der Waals surface area contributed by atoms with Crippen LogP contribution < -0.4 is 0 Å². The van der Waals surface area contributed by atoms with Crippen molar-refractivity contribution in [2.45, 2.75) is 13.2 Å². The fourth-order valence-electron chi connectivity index (χ4n) is 0.525. The Kier molecular flexibility index (Phi) is 6.29. The Morgan fingerprint density at radius 3 is 2.56 bits per heavy atom. The van der Waals surface area contributed by atoms with Crippen molar-refractivity contribution in [2.75, 3.05) is 19.4 Å². The Bertz CT molecular complexity index is 54.2. The molecule has 0 amide bonds. The van der Waals surface area contributed by atoms with Gasteiger partial charge in [0.2, 0.25) is 0 Å². The minimum Gasteiger partial charge on any atom is -0.391 e. The lowest BCUT2D eigenvalue weighted by molar-refractivity contribution is -0.148. The number of hydrogen-bond donors (Lipinski definition) is 1. The molecule has 1 N–H and O–H groups in total. The normalized spacial score (nSPS) is 14.0. The summed E-state index contributed by atoms with van der Waals surface area (Å²) in [6.07, 6.45) is 0.318. The lowest BCUT2D eigenvalue weighted by Crippen LogP contribution is -2.21. The van der Waals surface area contributed by atoms with Crippen molar-refractivity contribution in [3.63, 3.8) is 0 Å². The van der Waals surface area contributed by atoms with Crippen LogP contribution >= 0.6 is 0 Å². The highest BCUT2D eigenvalue weighted by Crippen LogP contribution is 1.90. The van der Waals surface area contributed by atoms with Crippen molar-refractivity contribution in [3.8, 4) is 0 Å². The van der Waals surface area contributed by atoms with Gasteiger partial charge < -0.3 is 14.6 Å². The van der Waals surface area contributed by atoms with E-state index >= 15 is 0 Å². The molecule has 0 radical (unpaired) electrons. The molecule has 0 bridgehead atoms. The van der Waals surface area contributed by atoms with E-state index in [-0.39, 0.29) is 6.61 Å². The van der Waals surface area contributed by atoms with Crippen molar-refractivity contribution in [3.05, 3.63) is 0 Å². The fourth-order valence-corrected chi connectivity index (χ4v) is 0.897. The summed E-state index contributed by atoms with van der Waals surface area (Å²) in [7, 11) is 0.985. The molecule has 0 aliphatic rings. The Labute approximate surface area is 58.4 Å². The average Bonchev–Trinajstić information content (AvgIpc) is 1.88. The first-order chi connectivity index (χ1) is 4.35. The molecular formula is C5H14O3Si. The second-order valence-electron chi connectivity index (χ2n) is 1.52. The zero-order valence-electron chi connectivity index (χ0n) is 5.96. The molecule has 0 aliphatic heterocycles. The third-order valence-electron chi connectivity index (χ3n) is 0.854. The molecule has 9 heavy (non-hydrogen) atoms. The van der Waals surface area contributed by atoms with Gasteiger partial charge >= 0.3 is 0 Å². The molecule has 0 heterocycles. The number of aliphatic hydroxyl groups excluding tert-OH is 1. The average molecular weight is 150 g/mol. The number of aliphatic hydroxyl groups is 1. The zero-order valence-corrected chi connectivity index (χ0v) is 7.96. The van der Waals surface area contributed by atoms with Crippen LogP contribution in [0.15, 0.2) is 0 Å². The maximum absolute atomic E-state index is 8.55. The van der Waals surface area contributed by atoms with Crippen LogP contribution in [-0.2, 0) is 9.47 Å². The van der Waals surface area contributed by atoms with Gasteiger partial charge in [-0.3, -0.25) is 0 Å². The SMILES string of the molecule is CCOC(CO)OC[SiH3]. The van der Waals surface area contributed by atoms with Crippen LogP contribution in [-0.4, -0.2) is 41.1 Å². The standard InChI is InChI=1S/C5H14O3Si/c1-2-7-5(3-6)8-4-9/h5-6H,2-4H2,1,9H3. The molecule has 0 spiro atoms. The quantitative estimate of drug-likeness (QED) is 0.390. The van der Waals surface area contributed by atoms with E-state index < -0.39 is 6.29 Å². The highest BCUT2D eigenvalue weighted by atomic mass is 28.1. The topological polar surface area (TPSA) is 38.7 Å². The molecule has 0 aromatic rings. The van der Waals surface area contributed by atoms with Crippen molar-refractivity contribution in [2.24, 2.45) is 0 Å². The maximum atomic E-state index is 8.55. The van der Waals surface area contributed by atoms with Crippen LogP contribution in [0, 0.1) is 0 Å². The van der Waals surface area contributed by atoms with Crippen LogP contribution in [0.3, 0.4) is 0 Å². The van der Waals surface area contributed by atoms with Gasteiger partial charge in [0.25, 0.3) is 0 Å². The molecule has 0 saturated carbocycles. The minimum absolute atomic E-state index is 0.0456. The second kappa shape index (κ2) is 6.22. The predicted molar refractivity (Wildman–Crippen MR) is 38.4 cm³/mol.